The van der Waals surface area contributed by atoms with Gasteiger partial charge in [0.1, 0.15) is 5.69 Å². The molecule has 0 amide bonds. The summed E-state index contributed by atoms with van der Waals surface area (Å²) in [5.74, 6) is 2.34. The van der Waals surface area contributed by atoms with Gasteiger partial charge in [0.2, 0.25) is 0 Å². The summed E-state index contributed by atoms with van der Waals surface area (Å²) >= 11 is 1.12. The van der Waals surface area contributed by atoms with Crippen molar-refractivity contribution in [1.29, 1.82) is 0 Å². The molecule has 0 aliphatic carbocycles. The second kappa shape index (κ2) is 1.71. The maximum Gasteiger partial charge on any atom is 0.146 e. The van der Waals surface area contributed by atoms with Crippen molar-refractivity contribution in [3.63, 3.8) is 0 Å². The summed E-state index contributed by atoms with van der Waals surface area (Å²) in [6, 6.07) is 0. The molecule has 0 aliphatic heterocycles. The highest BCUT2D eigenvalue weighted by Gasteiger charge is 1.82. The van der Waals surface area contributed by atoms with Crippen molar-refractivity contribution in [2.75, 3.05) is 0 Å². The molecule has 1 aromatic rings. The minimum Gasteiger partial charge on any atom is -0.180 e. The SMILES string of the molecule is C#Cc1cnsn1. The summed E-state index contributed by atoms with van der Waals surface area (Å²) in [4.78, 5) is 0. The Labute approximate surface area is 45.5 Å². The van der Waals surface area contributed by atoms with Crippen LogP contribution in [0.1, 0.15) is 5.69 Å². The van der Waals surface area contributed by atoms with E-state index < -0.39 is 0 Å². The molecule has 34 valence electrons. The zero-order chi connectivity index (χ0) is 5.11. The zero-order valence-corrected chi connectivity index (χ0v) is 4.27. The van der Waals surface area contributed by atoms with Crippen LogP contribution < -0.4 is 0 Å². The van der Waals surface area contributed by atoms with Crippen molar-refractivity contribution in [2.45, 2.75) is 0 Å². The van der Waals surface area contributed by atoms with E-state index in [0.717, 1.165) is 11.7 Å². The van der Waals surface area contributed by atoms with Gasteiger partial charge in [-0.15, -0.1) is 6.42 Å². The fourth-order valence-electron chi connectivity index (χ4n) is 0.228. The first-order valence-corrected chi connectivity index (χ1v) is 2.40. The van der Waals surface area contributed by atoms with Gasteiger partial charge in [-0.2, -0.15) is 8.75 Å². The highest BCUT2D eigenvalue weighted by atomic mass is 32.1. The van der Waals surface area contributed by atoms with E-state index >= 15 is 0 Å². The van der Waals surface area contributed by atoms with Crippen LogP contribution in [0.2, 0.25) is 0 Å². The number of aromatic nitrogens is 2. The third-order valence-electron chi connectivity index (χ3n) is 0.509. The van der Waals surface area contributed by atoms with Crippen molar-refractivity contribution in [2.24, 2.45) is 0 Å². The van der Waals surface area contributed by atoms with E-state index in [2.05, 4.69) is 14.7 Å². The molecule has 7 heavy (non-hydrogen) atoms. The summed E-state index contributed by atoms with van der Waals surface area (Å²) in [5.41, 5.74) is 0.616. The molecule has 0 saturated heterocycles. The first kappa shape index (κ1) is 4.28. The first-order valence-electron chi connectivity index (χ1n) is 1.67. The van der Waals surface area contributed by atoms with Crippen LogP contribution in [0, 0.1) is 12.3 Å². The molecule has 0 saturated carbocycles. The maximum absolute atomic E-state index is 4.95. The molecule has 0 spiro atoms. The molecule has 1 heterocycles. The normalized spacial score (nSPS) is 7.86. The van der Waals surface area contributed by atoms with Gasteiger partial charge in [0.05, 0.1) is 17.9 Å². The number of hydrogen-bond donors (Lipinski definition) is 0. The largest absolute Gasteiger partial charge is 0.180 e. The summed E-state index contributed by atoms with van der Waals surface area (Å²) in [6.45, 7) is 0. The monoisotopic (exact) mass is 110 g/mol. The molecule has 0 unspecified atom stereocenters. The Hall–Kier alpha value is -0.880. The van der Waals surface area contributed by atoms with Crippen molar-refractivity contribution in [1.82, 2.24) is 8.75 Å². The van der Waals surface area contributed by atoms with Gasteiger partial charge in [-0.1, -0.05) is 0 Å². The maximum atomic E-state index is 4.95. The molecule has 0 radical (unpaired) electrons. The molecular weight excluding hydrogens is 108 g/mol. The van der Waals surface area contributed by atoms with E-state index in [1.807, 2.05) is 0 Å². The van der Waals surface area contributed by atoms with Gasteiger partial charge in [-0.3, -0.25) is 0 Å². The molecule has 0 aromatic carbocycles. The van der Waals surface area contributed by atoms with Crippen LogP contribution in [0.25, 0.3) is 0 Å². The van der Waals surface area contributed by atoms with E-state index in [-0.39, 0.29) is 0 Å². The molecule has 0 N–H and O–H groups in total. The Bertz CT molecular complexity index is 172. The number of nitrogens with zero attached hydrogens (tertiary/aromatic N) is 2. The Morgan fingerprint density at radius 1 is 1.86 bits per heavy atom. The van der Waals surface area contributed by atoms with Crippen LogP contribution in [0.3, 0.4) is 0 Å². The lowest BCUT2D eigenvalue weighted by atomic mass is 10.5. The fraction of sp³-hybridized carbons (Fsp3) is 0. The van der Waals surface area contributed by atoms with Crippen molar-refractivity contribution in [3.8, 4) is 12.3 Å². The molecule has 2 nitrogen and oxygen atoms in total. The van der Waals surface area contributed by atoms with E-state index in [4.69, 9.17) is 6.42 Å². The average Bonchev–Trinajstić information content (AvgIpc) is 2.14. The Morgan fingerprint density at radius 2 is 2.71 bits per heavy atom. The quantitative estimate of drug-likeness (QED) is 0.455. The molecule has 0 atom stereocenters. The topological polar surface area (TPSA) is 25.8 Å². The van der Waals surface area contributed by atoms with Gasteiger partial charge in [-0.05, 0) is 5.92 Å². The average molecular weight is 110 g/mol. The minimum atomic E-state index is 0.616. The molecule has 0 fully saturated rings. The molecule has 1 aromatic heterocycles. The van der Waals surface area contributed by atoms with Crippen LogP contribution >= 0.6 is 11.7 Å². The fourth-order valence-corrected chi connectivity index (χ4v) is 0.610. The third kappa shape index (κ3) is 0.756. The van der Waals surface area contributed by atoms with Crippen molar-refractivity contribution < 1.29 is 0 Å². The van der Waals surface area contributed by atoms with Gasteiger partial charge in [0.25, 0.3) is 0 Å². The summed E-state index contributed by atoms with van der Waals surface area (Å²) in [5, 5.41) is 0. The van der Waals surface area contributed by atoms with E-state index in [9.17, 15) is 0 Å². The van der Waals surface area contributed by atoms with Crippen molar-refractivity contribution >= 4 is 11.7 Å². The predicted octanol–water partition coefficient (Wildman–Crippen LogP) is 0.519. The van der Waals surface area contributed by atoms with Gasteiger partial charge >= 0.3 is 0 Å². The lowest BCUT2D eigenvalue weighted by Crippen LogP contribution is -1.63. The Balaban J connectivity index is 3.04. The van der Waals surface area contributed by atoms with Crippen LogP contribution in [0.4, 0.5) is 0 Å². The third-order valence-corrected chi connectivity index (χ3v) is 0.987. The molecule has 1 rings (SSSR count). The predicted molar refractivity (Wildman–Crippen MR) is 27.8 cm³/mol. The Kier molecular flexibility index (Phi) is 1.05. The van der Waals surface area contributed by atoms with Gasteiger partial charge < -0.3 is 0 Å². The van der Waals surface area contributed by atoms with Crippen LogP contribution in [-0.4, -0.2) is 8.75 Å². The highest BCUT2D eigenvalue weighted by molar-refractivity contribution is 6.99. The molecule has 3 heteroatoms. The second-order valence-corrected chi connectivity index (χ2v) is 1.49. The molecular formula is C4H2N2S. The number of terminal acetylenes is 1. The van der Waals surface area contributed by atoms with E-state index in [0.29, 0.717) is 5.69 Å². The van der Waals surface area contributed by atoms with E-state index in [1.165, 1.54) is 0 Å². The standard InChI is InChI=1S/C4H2N2S/c1-2-4-3-5-7-6-4/h1,3H. The van der Waals surface area contributed by atoms with Crippen molar-refractivity contribution in [3.05, 3.63) is 11.9 Å². The van der Waals surface area contributed by atoms with Gasteiger partial charge in [0, 0.05) is 0 Å². The first-order chi connectivity index (χ1) is 3.43. The smallest absolute Gasteiger partial charge is 0.146 e. The lowest BCUT2D eigenvalue weighted by Gasteiger charge is -1.62. The summed E-state index contributed by atoms with van der Waals surface area (Å²) in [7, 11) is 0. The van der Waals surface area contributed by atoms with Crippen LogP contribution in [0.5, 0.6) is 0 Å². The van der Waals surface area contributed by atoms with E-state index in [1.54, 1.807) is 6.20 Å². The second-order valence-electron chi connectivity index (χ2n) is 0.937. The molecule has 0 bridgehead atoms. The lowest BCUT2D eigenvalue weighted by molar-refractivity contribution is 1.47. The number of rotatable bonds is 0. The van der Waals surface area contributed by atoms with Gasteiger partial charge in [-0.25, -0.2) is 0 Å². The number of hydrogen-bond acceptors (Lipinski definition) is 3. The summed E-state index contributed by atoms with van der Waals surface area (Å²) in [6.07, 6.45) is 6.51. The Morgan fingerprint density at radius 3 is 3.00 bits per heavy atom. The zero-order valence-electron chi connectivity index (χ0n) is 3.46. The van der Waals surface area contributed by atoms with Gasteiger partial charge in [0.15, 0.2) is 0 Å². The van der Waals surface area contributed by atoms with Crippen LogP contribution in [-0.2, 0) is 0 Å². The minimum absolute atomic E-state index is 0.616. The highest BCUT2D eigenvalue weighted by Crippen LogP contribution is 1.88. The van der Waals surface area contributed by atoms with Crippen LogP contribution in [0.15, 0.2) is 6.20 Å². The molecule has 0 aliphatic rings. The summed E-state index contributed by atoms with van der Waals surface area (Å²) < 4.78 is 7.41.